The van der Waals surface area contributed by atoms with Crippen molar-refractivity contribution in [1.29, 1.82) is 0 Å². The zero-order valence-electron chi connectivity index (χ0n) is 32.4. The fourth-order valence-corrected chi connectivity index (χ4v) is 6.36. The van der Waals surface area contributed by atoms with Crippen LogP contribution >= 0.6 is 0 Å². The van der Waals surface area contributed by atoms with Gasteiger partial charge in [-0.3, -0.25) is 14.4 Å². The van der Waals surface area contributed by atoms with Gasteiger partial charge in [0.05, 0.1) is 11.7 Å². The van der Waals surface area contributed by atoms with Gasteiger partial charge in [0.1, 0.15) is 23.3 Å². The number of carbonyl (C=O) groups is 3. The molecule has 0 atom stereocenters. The van der Waals surface area contributed by atoms with Crippen LogP contribution in [-0.2, 0) is 9.47 Å². The molecule has 0 aromatic carbocycles. The molecule has 0 saturated heterocycles. The highest BCUT2D eigenvalue weighted by atomic mass is 19.3. The average Bonchev–Trinajstić information content (AvgIpc) is 3.58. The minimum Gasteiger partial charge on any atom is -0.444 e. The minimum absolute atomic E-state index is 0.0764. The minimum atomic E-state index is -2.90. The molecule has 3 aromatic rings. The first kappa shape index (κ1) is 40.6. The highest BCUT2D eigenvalue weighted by Gasteiger charge is 2.32. The number of oxazole rings is 1. The summed E-state index contributed by atoms with van der Waals surface area (Å²) in [5, 5.41) is 9.54. The molecule has 5 rings (SSSR count). The van der Waals surface area contributed by atoms with Gasteiger partial charge < -0.3 is 29.4 Å². The van der Waals surface area contributed by atoms with Crippen LogP contribution in [0.1, 0.15) is 115 Å². The van der Waals surface area contributed by atoms with Crippen LogP contribution in [0.3, 0.4) is 0 Å². The van der Waals surface area contributed by atoms with Crippen molar-refractivity contribution < 1.29 is 37.1 Å². The SMILES string of the molecule is CN(CCCNC(=O)OC(C)(C)C)CC1CCC(n2cc(NC(=O)c3coc(-c4ccnc(N(CC5CC5)C(=O)OC(C)(C)C)c4)n3)c(C(F)F)n2)CC1. The van der Waals surface area contributed by atoms with Gasteiger partial charge in [0.2, 0.25) is 5.89 Å². The summed E-state index contributed by atoms with van der Waals surface area (Å²) in [4.78, 5) is 50.6. The van der Waals surface area contributed by atoms with Gasteiger partial charge in [-0.2, -0.15) is 5.10 Å². The van der Waals surface area contributed by atoms with E-state index >= 15 is 0 Å². The predicted octanol–water partition coefficient (Wildman–Crippen LogP) is 7.85. The maximum absolute atomic E-state index is 14.1. The molecule has 0 aliphatic heterocycles. The lowest BCUT2D eigenvalue weighted by Gasteiger charge is -2.31. The molecule has 0 radical (unpaired) electrons. The van der Waals surface area contributed by atoms with Crippen LogP contribution in [0.5, 0.6) is 0 Å². The average molecular weight is 757 g/mol. The van der Waals surface area contributed by atoms with E-state index in [1.54, 1.807) is 37.6 Å². The van der Waals surface area contributed by atoms with E-state index in [0.717, 1.165) is 64.3 Å². The van der Waals surface area contributed by atoms with E-state index in [2.05, 4.69) is 37.6 Å². The topological polar surface area (TPSA) is 157 Å². The van der Waals surface area contributed by atoms with E-state index < -0.39 is 41.4 Å². The molecule has 2 fully saturated rings. The smallest absolute Gasteiger partial charge is 0.416 e. The summed E-state index contributed by atoms with van der Waals surface area (Å²) in [6, 6.07) is 3.20. The van der Waals surface area contributed by atoms with Crippen LogP contribution in [0.2, 0.25) is 0 Å². The van der Waals surface area contributed by atoms with Gasteiger partial charge >= 0.3 is 12.2 Å². The summed E-state index contributed by atoms with van der Waals surface area (Å²) in [5.74, 6) is 0.550. The number of carbonyl (C=O) groups excluding carboxylic acids is 3. The Hall–Kier alpha value is -4.60. The van der Waals surface area contributed by atoms with Gasteiger partial charge in [0, 0.05) is 37.6 Å². The molecule has 2 N–H and O–H groups in total. The molecule has 296 valence electrons. The summed E-state index contributed by atoms with van der Waals surface area (Å²) in [6.45, 7) is 13.6. The zero-order chi connectivity index (χ0) is 39.2. The maximum atomic E-state index is 14.1. The molecular weight excluding hydrogens is 702 g/mol. The molecule has 14 nitrogen and oxygen atoms in total. The van der Waals surface area contributed by atoms with Crippen LogP contribution in [0.4, 0.5) is 29.9 Å². The van der Waals surface area contributed by atoms with Crippen LogP contribution < -0.4 is 15.5 Å². The number of halogens is 2. The molecule has 2 aliphatic carbocycles. The Kier molecular flexibility index (Phi) is 13.0. The zero-order valence-corrected chi connectivity index (χ0v) is 32.4. The van der Waals surface area contributed by atoms with Crippen molar-refractivity contribution in [2.45, 2.75) is 110 Å². The lowest BCUT2D eigenvalue weighted by Crippen LogP contribution is -2.38. The number of hydrogen-bond acceptors (Lipinski definition) is 10. The number of alkyl carbamates (subject to hydrolysis) is 1. The number of nitrogens with zero attached hydrogens (tertiary/aromatic N) is 6. The quantitative estimate of drug-likeness (QED) is 0.155. The Labute approximate surface area is 315 Å². The number of alkyl halides is 2. The molecule has 0 unspecified atom stereocenters. The first-order valence-corrected chi connectivity index (χ1v) is 18.7. The van der Waals surface area contributed by atoms with Crippen molar-refractivity contribution in [3.63, 3.8) is 0 Å². The van der Waals surface area contributed by atoms with Crippen LogP contribution in [0, 0.1) is 11.8 Å². The number of pyridine rings is 1. The van der Waals surface area contributed by atoms with E-state index in [1.807, 2.05) is 20.8 Å². The molecule has 3 amide bonds. The Balaban J connectivity index is 1.15. The summed E-state index contributed by atoms with van der Waals surface area (Å²) in [6.07, 6.45) is 6.48. The fraction of sp³-hybridized carbons (Fsp3) is 0.632. The fourth-order valence-electron chi connectivity index (χ4n) is 6.36. The number of nitrogens with one attached hydrogen (secondary N) is 2. The Morgan fingerprint density at radius 2 is 1.67 bits per heavy atom. The van der Waals surface area contributed by atoms with Gasteiger partial charge in [-0.25, -0.2) is 28.3 Å². The lowest BCUT2D eigenvalue weighted by atomic mass is 9.86. The number of hydrogen-bond donors (Lipinski definition) is 2. The Bertz CT molecular complexity index is 1740. The van der Waals surface area contributed by atoms with Gasteiger partial charge in [-0.15, -0.1) is 0 Å². The summed E-state index contributed by atoms with van der Waals surface area (Å²) in [5.41, 5.74) is -1.45. The standard InChI is InChI=1S/C38H54F2N8O6/c1-37(2,3)53-35(50)42-16-8-18-46(7)20-24-11-13-27(14-12-24)48-22-28(31(45-48)32(39)40)43-33(49)29-23-52-34(44-29)26-15-17-41-30(19-26)47(21-25-9-10-25)36(51)54-38(4,5)6/h15,17,19,22-25,27,32H,8-14,16,18,20-21H2,1-7H3,(H,42,50)(H,43,49). The third-order valence-corrected chi connectivity index (χ3v) is 9.12. The Morgan fingerprint density at radius 3 is 2.31 bits per heavy atom. The second kappa shape index (κ2) is 17.2. The molecule has 2 saturated carbocycles. The van der Waals surface area contributed by atoms with Crippen molar-refractivity contribution in [2.75, 3.05) is 43.4 Å². The molecule has 16 heteroatoms. The molecule has 3 aromatic heterocycles. The summed E-state index contributed by atoms with van der Waals surface area (Å²) >= 11 is 0. The van der Waals surface area contributed by atoms with Crippen molar-refractivity contribution in [3.05, 3.63) is 42.2 Å². The van der Waals surface area contributed by atoms with Crippen LogP contribution in [-0.4, -0.2) is 87.2 Å². The van der Waals surface area contributed by atoms with E-state index in [0.29, 0.717) is 36.3 Å². The Morgan fingerprint density at radius 1 is 1.00 bits per heavy atom. The molecule has 3 heterocycles. The van der Waals surface area contributed by atoms with E-state index in [-0.39, 0.29) is 23.3 Å². The monoisotopic (exact) mass is 756 g/mol. The normalized spacial score (nSPS) is 17.8. The number of aromatic nitrogens is 4. The van der Waals surface area contributed by atoms with Crippen LogP contribution in [0.25, 0.3) is 11.5 Å². The second-order valence-corrected chi connectivity index (χ2v) is 16.4. The largest absolute Gasteiger partial charge is 0.444 e. The molecule has 0 bridgehead atoms. The summed E-state index contributed by atoms with van der Waals surface area (Å²) < 4.78 is 46.3. The molecule has 0 spiro atoms. The molecule has 54 heavy (non-hydrogen) atoms. The van der Waals surface area contributed by atoms with Gasteiger partial charge in [0.15, 0.2) is 11.4 Å². The van der Waals surface area contributed by atoms with Crippen molar-refractivity contribution in [2.24, 2.45) is 11.8 Å². The van der Waals surface area contributed by atoms with Gasteiger partial charge in [0.25, 0.3) is 12.3 Å². The van der Waals surface area contributed by atoms with Crippen LogP contribution in [0.15, 0.2) is 35.2 Å². The highest BCUT2D eigenvalue weighted by molar-refractivity contribution is 6.03. The van der Waals surface area contributed by atoms with E-state index in [4.69, 9.17) is 13.9 Å². The number of anilines is 2. The number of rotatable bonds is 14. The molecular formula is C38H54F2N8O6. The van der Waals surface area contributed by atoms with Crippen molar-refractivity contribution >= 4 is 29.6 Å². The lowest BCUT2D eigenvalue weighted by molar-refractivity contribution is 0.0523. The second-order valence-electron chi connectivity index (χ2n) is 16.4. The number of ether oxygens (including phenoxy) is 2. The summed E-state index contributed by atoms with van der Waals surface area (Å²) in [7, 11) is 2.05. The van der Waals surface area contributed by atoms with Gasteiger partial charge in [-0.05, 0) is 124 Å². The third kappa shape index (κ3) is 12.0. The van der Waals surface area contributed by atoms with E-state index in [1.165, 1.54) is 17.3 Å². The highest BCUT2D eigenvalue weighted by Crippen LogP contribution is 2.36. The maximum Gasteiger partial charge on any atom is 0.416 e. The number of amides is 3. The first-order chi connectivity index (χ1) is 25.4. The van der Waals surface area contributed by atoms with Crippen molar-refractivity contribution in [1.82, 2.24) is 30.0 Å². The third-order valence-electron chi connectivity index (χ3n) is 9.12. The van der Waals surface area contributed by atoms with Crippen molar-refractivity contribution in [3.8, 4) is 11.5 Å². The van der Waals surface area contributed by atoms with E-state index in [9.17, 15) is 23.2 Å². The molecule has 2 aliphatic rings. The first-order valence-electron chi connectivity index (χ1n) is 18.7. The predicted molar refractivity (Wildman–Crippen MR) is 199 cm³/mol. The van der Waals surface area contributed by atoms with Gasteiger partial charge in [-0.1, -0.05) is 0 Å².